The molecule has 2 aromatic heterocycles. The molecule has 1 aliphatic rings. The molecule has 2 N–H and O–H groups in total. The third-order valence-electron chi connectivity index (χ3n) is 3.49. The Hall–Kier alpha value is -1.77. The van der Waals surface area contributed by atoms with E-state index in [0.29, 0.717) is 17.0 Å². The van der Waals surface area contributed by atoms with Crippen LogP contribution in [0.2, 0.25) is 0 Å². The van der Waals surface area contributed by atoms with Crippen LogP contribution in [0, 0.1) is 5.92 Å². The molecule has 1 saturated heterocycles. The first kappa shape index (κ1) is 13.2. The molecule has 1 aliphatic heterocycles. The van der Waals surface area contributed by atoms with Crippen molar-refractivity contribution in [2.24, 2.45) is 5.92 Å². The van der Waals surface area contributed by atoms with Crippen molar-refractivity contribution >= 4 is 17.0 Å². The van der Waals surface area contributed by atoms with Crippen molar-refractivity contribution in [3.63, 3.8) is 0 Å². The van der Waals surface area contributed by atoms with Crippen molar-refractivity contribution in [3.8, 4) is 0 Å². The molecule has 0 aliphatic carbocycles. The largest absolute Gasteiger partial charge is 0.394 e. The summed E-state index contributed by atoms with van der Waals surface area (Å²) >= 11 is 0. The van der Waals surface area contributed by atoms with Crippen molar-refractivity contribution in [2.75, 3.05) is 19.2 Å². The quantitative estimate of drug-likeness (QED) is 0.796. The number of aliphatic hydroxyl groups excluding tert-OH is 1. The molecular weight excluding hydrogens is 262 g/mol. The standard InChI is InChI=1S/C12H17N5O3/c1-7-3-8(4-18)20-12(7)17-6-15-9-10(16-19-2)13-5-14-11(9)17/h5-8,12,18H,3-4H2,1-2H3,(H,13,14,16)/t7-,8?,12+/m0/s1. The van der Waals surface area contributed by atoms with Crippen LogP contribution in [-0.2, 0) is 9.57 Å². The van der Waals surface area contributed by atoms with Crippen LogP contribution in [0.5, 0.6) is 0 Å². The number of nitrogens with zero attached hydrogens (tertiary/aromatic N) is 4. The fourth-order valence-corrected chi connectivity index (χ4v) is 2.58. The maximum Gasteiger partial charge on any atom is 0.181 e. The Balaban J connectivity index is 1.99. The number of ether oxygens (including phenoxy) is 1. The molecule has 0 bridgehead atoms. The van der Waals surface area contributed by atoms with Crippen molar-refractivity contribution in [2.45, 2.75) is 25.7 Å². The minimum absolute atomic E-state index is 0.0267. The van der Waals surface area contributed by atoms with Crippen LogP contribution in [0.3, 0.4) is 0 Å². The molecule has 8 heteroatoms. The number of aromatic nitrogens is 4. The van der Waals surface area contributed by atoms with Gasteiger partial charge in [0.15, 0.2) is 17.0 Å². The lowest BCUT2D eigenvalue weighted by molar-refractivity contribution is -0.0294. The second kappa shape index (κ2) is 5.31. The van der Waals surface area contributed by atoms with Gasteiger partial charge in [-0.15, -0.1) is 0 Å². The third-order valence-corrected chi connectivity index (χ3v) is 3.49. The molecule has 0 saturated carbocycles. The van der Waals surface area contributed by atoms with E-state index in [1.54, 1.807) is 6.33 Å². The maximum absolute atomic E-state index is 9.22. The van der Waals surface area contributed by atoms with Crippen molar-refractivity contribution in [1.82, 2.24) is 19.5 Å². The van der Waals surface area contributed by atoms with Crippen LogP contribution in [0.1, 0.15) is 19.6 Å². The monoisotopic (exact) mass is 279 g/mol. The summed E-state index contributed by atoms with van der Waals surface area (Å²) in [7, 11) is 1.51. The normalized spacial score (nSPS) is 26.2. The first-order chi connectivity index (χ1) is 9.74. The summed E-state index contributed by atoms with van der Waals surface area (Å²) < 4.78 is 7.71. The Morgan fingerprint density at radius 3 is 3.05 bits per heavy atom. The average Bonchev–Trinajstić information content (AvgIpc) is 3.03. The van der Waals surface area contributed by atoms with E-state index in [2.05, 4.69) is 27.4 Å². The number of fused-ring (bicyclic) bond motifs is 1. The van der Waals surface area contributed by atoms with Crippen LogP contribution < -0.4 is 5.48 Å². The lowest BCUT2D eigenvalue weighted by Gasteiger charge is -2.17. The van der Waals surface area contributed by atoms with Gasteiger partial charge in [-0.25, -0.2) is 20.4 Å². The summed E-state index contributed by atoms with van der Waals surface area (Å²) in [4.78, 5) is 17.5. The van der Waals surface area contributed by atoms with Gasteiger partial charge in [-0.3, -0.25) is 9.40 Å². The number of imidazole rings is 1. The molecule has 20 heavy (non-hydrogen) atoms. The smallest absolute Gasteiger partial charge is 0.181 e. The van der Waals surface area contributed by atoms with Crippen LogP contribution in [0.4, 0.5) is 5.82 Å². The lowest BCUT2D eigenvalue weighted by atomic mass is 10.1. The number of rotatable bonds is 4. The highest BCUT2D eigenvalue weighted by molar-refractivity contribution is 5.82. The maximum atomic E-state index is 9.22. The Labute approximate surface area is 115 Å². The van der Waals surface area contributed by atoms with Crippen LogP contribution in [0.25, 0.3) is 11.2 Å². The number of hydrogen-bond donors (Lipinski definition) is 2. The molecule has 0 amide bonds. The van der Waals surface area contributed by atoms with Gasteiger partial charge >= 0.3 is 0 Å². The second-order valence-corrected chi connectivity index (χ2v) is 4.90. The molecule has 3 heterocycles. The van der Waals surface area contributed by atoms with E-state index < -0.39 is 0 Å². The fourth-order valence-electron chi connectivity index (χ4n) is 2.58. The highest BCUT2D eigenvalue weighted by Gasteiger charge is 2.34. The van der Waals surface area contributed by atoms with Gasteiger partial charge < -0.3 is 9.84 Å². The molecule has 0 aromatic carbocycles. The molecule has 0 spiro atoms. The lowest BCUT2D eigenvalue weighted by Crippen LogP contribution is -2.15. The first-order valence-corrected chi connectivity index (χ1v) is 6.47. The Kier molecular flexibility index (Phi) is 3.51. The minimum atomic E-state index is -0.178. The van der Waals surface area contributed by atoms with Gasteiger partial charge in [0.05, 0.1) is 26.1 Å². The van der Waals surface area contributed by atoms with E-state index >= 15 is 0 Å². The molecule has 1 fully saturated rings. The van der Waals surface area contributed by atoms with Gasteiger partial charge in [0.2, 0.25) is 0 Å². The van der Waals surface area contributed by atoms with Crippen molar-refractivity contribution in [3.05, 3.63) is 12.7 Å². The topological polar surface area (TPSA) is 94.3 Å². The van der Waals surface area contributed by atoms with Crippen molar-refractivity contribution in [1.29, 1.82) is 0 Å². The van der Waals surface area contributed by atoms with Gasteiger partial charge in [0, 0.05) is 5.92 Å². The highest BCUT2D eigenvalue weighted by atomic mass is 16.6. The van der Waals surface area contributed by atoms with Gasteiger partial charge in [0.25, 0.3) is 0 Å². The van der Waals surface area contributed by atoms with E-state index in [1.165, 1.54) is 13.4 Å². The summed E-state index contributed by atoms with van der Waals surface area (Å²) in [5, 5.41) is 9.22. The van der Waals surface area contributed by atoms with Gasteiger partial charge in [-0.05, 0) is 6.42 Å². The van der Waals surface area contributed by atoms with E-state index in [-0.39, 0.29) is 24.9 Å². The Morgan fingerprint density at radius 2 is 2.35 bits per heavy atom. The molecule has 1 unspecified atom stereocenters. The van der Waals surface area contributed by atoms with E-state index in [4.69, 9.17) is 9.57 Å². The number of nitrogens with one attached hydrogen (secondary N) is 1. The average molecular weight is 279 g/mol. The highest BCUT2D eigenvalue weighted by Crippen LogP contribution is 2.35. The zero-order chi connectivity index (χ0) is 14.1. The number of hydrogen-bond acceptors (Lipinski definition) is 7. The summed E-state index contributed by atoms with van der Waals surface area (Å²) in [6.45, 7) is 2.11. The van der Waals surface area contributed by atoms with Gasteiger partial charge in [-0.1, -0.05) is 6.92 Å². The zero-order valence-electron chi connectivity index (χ0n) is 11.4. The van der Waals surface area contributed by atoms with Crippen LogP contribution in [-0.4, -0.2) is 44.4 Å². The van der Waals surface area contributed by atoms with E-state index in [1.807, 2.05) is 4.57 Å². The first-order valence-electron chi connectivity index (χ1n) is 6.47. The second-order valence-electron chi connectivity index (χ2n) is 4.90. The molecule has 108 valence electrons. The van der Waals surface area contributed by atoms with Crippen LogP contribution >= 0.6 is 0 Å². The Morgan fingerprint density at radius 1 is 1.50 bits per heavy atom. The molecule has 8 nitrogen and oxygen atoms in total. The van der Waals surface area contributed by atoms with E-state index in [0.717, 1.165) is 6.42 Å². The SMILES string of the molecule is CONc1ncnc2c1ncn2[C@@H]1OC(CO)C[C@@H]1C. The van der Waals surface area contributed by atoms with Gasteiger partial charge in [0.1, 0.15) is 12.6 Å². The number of anilines is 1. The molecule has 2 aromatic rings. The van der Waals surface area contributed by atoms with E-state index in [9.17, 15) is 5.11 Å². The predicted molar refractivity (Wildman–Crippen MR) is 70.7 cm³/mol. The summed E-state index contributed by atoms with van der Waals surface area (Å²) in [5.41, 5.74) is 3.98. The minimum Gasteiger partial charge on any atom is -0.394 e. The predicted octanol–water partition coefficient (Wildman–Crippen LogP) is 0.715. The molecule has 3 atom stereocenters. The summed E-state index contributed by atoms with van der Waals surface area (Å²) in [5.74, 6) is 0.791. The molecule has 3 rings (SSSR count). The Bertz CT molecular complexity index is 602. The van der Waals surface area contributed by atoms with Crippen LogP contribution in [0.15, 0.2) is 12.7 Å². The zero-order valence-corrected chi connectivity index (χ0v) is 11.4. The summed E-state index contributed by atoms with van der Waals surface area (Å²) in [6.07, 6.45) is 3.63. The number of aliphatic hydroxyl groups is 1. The fraction of sp³-hybridized carbons (Fsp3) is 0.583. The van der Waals surface area contributed by atoms with Crippen molar-refractivity contribution < 1.29 is 14.7 Å². The third kappa shape index (κ3) is 2.11. The molecule has 0 radical (unpaired) electrons. The van der Waals surface area contributed by atoms with Gasteiger partial charge in [-0.2, -0.15) is 0 Å². The molecular formula is C12H17N5O3. The summed E-state index contributed by atoms with van der Waals surface area (Å²) in [6, 6.07) is 0.